The fraction of sp³-hybridized carbons (Fsp3) is 0.364. The van der Waals surface area contributed by atoms with Gasteiger partial charge in [0.15, 0.2) is 5.78 Å². The smallest absolute Gasteiger partial charge is 0.224 e. The molecule has 25 heavy (non-hydrogen) atoms. The van der Waals surface area contributed by atoms with Gasteiger partial charge in [-0.05, 0) is 48.6 Å². The Bertz CT molecular complexity index is 805. The molecule has 0 bridgehead atoms. The third kappa shape index (κ3) is 3.37. The summed E-state index contributed by atoms with van der Waals surface area (Å²) in [5.74, 6) is 0.273. The standard InChI is InChI=1S/C22H25NO2/c1-14(2)22(25)18-9-7-17(8-10-18)19-11-12-21-20(13-19)6-5-15(3)23(21)16(4)24/h7-15H,5-6H2,1-4H3/t15-/m0/s1. The lowest BCUT2D eigenvalue weighted by molar-refractivity contribution is -0.117. The highest BCUT2D eigenvalue weighted by molar-refractivity contribution is 5.98. The summed E-state index contributed by atoms with van der Waals surface area (Å²) in [6.07, 6.45) is 1.97. The van der Waals surface area contributed by atoms with Gasteiger partial charge in [-0.1, -0.05) is 44.2 Å². The summed E-state index contributed by atoms with van der Waals surface area (Å²) in [5.41, 5.74) is 5.22. The number of anilines is 1. The third-order valence-corrected chi connectivity index (χ3v) is 4.98. The van der Waals surface area contributed by atoms with E-state index in [9.17, 15) is 9.59 Å². The van der Waals surface area contributed by atoms with Crippen LogP contribution >= 0.6 is 0 Å². The van der Waals surface area contributed by atoms with Crippen LogP contribution in [0.25, 0.3) is 11.1 Å². The molecule has 1 aliphatic rings. The number of rotatable bonds is 3. The molecule has 0 aliphatic carbocycles. The maximum atomic E-state index is 12.1. The fourth-order valence-electron chi connectivity index (χ4n) is 3.57. The summed E-state index contributed by atoms with van der Waals surface area (Å²) in [6.45, 7) is 7.57. The Morgan fingerprint density at radius 2 is 1.68 bits per heavy atom. The van der Waals surface area contributed by atoms with Crippen LogP contribution < -0.4 is 4.90 Å². The summed E-state index contributed by atoms with van der Waals surface area (Å²) in [5, 5.41) is 0. The van der Waals surface area contributed by atoms with Crippen LogP contribution in [0.15, 0.2) is 42.5 Å². The summed E-state index contributed by atoms with van der Waals surface area (Å²) in [4.78, 5) is 26.0. The van der Waals surface area contributed by atoms with Gasteiger partial charge in [0.25, 0.3) is 0 Å². The highest BCUT2D eigenvalue weighted by Gasteiger charge is 2.26. The van der Waals surface area contributed by atoms with Crippen LogP contribution in [0.1, 0.15) is 50.0 Å². The molecule has 3 heteroatoms. The molecule has 2 aromatic rings. The van der Waals surface area contributed by atoms with Gasteiger partial charge in [-0.3, -0.25) is 9.59 Å². The first kappa shape index (κ1) is 17.4. The summed E-state index contributed by atoms with van der Waals surface area (Å²) in [6, 6.07) is 14.4. The van der Waals surface area contributed by atoms with Gasteiger partial charge in [-0.2, -0.15) is 0 Å². The Morgan fingerprint density at radius 3 is 2.28 bits per heavy atom. The zero-order valence-corrected chi connectivity index (χ0v) is 15.4. The minimum atomic E-state index is 0.00847. The Labute approximate surface area is 149 Å². The first-order chi connectivity index (χ1) is 11.9. The van der Waals surface area contributed by atoms with Crippen LogP contribution in [-0.4, -0.2) is 17.7 Å². The molecule has 0 saturated heterocycles. The predicted octanol–water partition coefficient (Wildman–Crippen LogP) is 4.88. The first-order valence-corrected chi connectivity index (χ1v) is 8.96. The van der Waals surface area contributed by atoms with Gasteiger partial charge in [-0.25, -0.2) is 0 Å². The first-order valence-electron chi connectivity index (χ1n) is 8.96. The van der Waals surface area contributed by atoms with E-state index in [0.717, 1.165) is 35.2 Å². The monoisotopic (exact) mass is 335 g/mol. The maximum Gasteiger partial charge on any atom is 0.224 e. The molecule has 0 radical (unpaired) electrons. The molecule has 1 heterocycles. The van der Waals surface area contributed by atoms with Crippen molar-refractivity contribution in [2.75, 3.05) is 4.90 Å². The van der Waals surface area contributed by atoms with E-state index in [0.29, 0.717) is 0 Å². The number of carbonyl (C=O) groups excluding carboxylic acids is 2. The van der Waals surface area contributed by atoms with E-state index in [2.05, 4.69) is 25.1 Å². The van der Waals surface area contributed by atoms with Crippen molar-refractivity contribution in [3.8, 4) is 11.1 Å². The Hall–Kier alpha value is -2.42. The van der Waals surface area contributed by atoms with Crippen molar-refractivity contribution in [2.24, 2.45) is 5.92 Å². The van der Waals surface area contributed by atoms with E-state index in [1.165, 1.54) is 5.56 Å². The molecule has 3 nitrogen and oxygen atoms in total. The summed E-state index contributed by atoms with van der Waals surface area (Å²) >= 11 is 0. The lowest BCUT2D eigenvalue weighted by Gasteiger charge is -2.34. The molecule has 1 atom stereocenters. The van der Waals surface area contributed by atoms with E-state index in [1.807, 2.05) is 43.0 Å². The van der Waals surface area contributed by atoms with Gasteiger partial charge >= 0.3 is 0 Å². The minimum Gasteiger partial charge on any atom is -0.310 e. The molecule has 0 aromatic heterocycles. The molecular formula is C22H25NO2. The Kier molecular flexibility index (Phi) is 4.76. The van der Waals surface area contributed by atoms with Crippen molar-refractivity contribution in [3.63, 3.8) is 0 Å². The van der Waals surface area contributed by atoms with Crippen molar-refractivity contribution < 1.29 is 9.59 Å². The second kappa shape index (κ2) is 6.83. The highest BCUT2D eigenvalue weighted by Crippen LogP contribution is 2.34. The number of aryl methyl sites for hydroxylation is 1. The fourth-order valence-corrected chi connectivity index (χ4v) is 3.57. The largest absolute Gasteiger partial charge is 0.310 e. The Balaban J connectivity index is 1.92. The maximum absolute atomic E-state index is 12.1. The lowest BCUT2D eigenvalue weighted by Crippen LogP contribution is -2.40. The van der Waals surface area contributed by atoms with Crippen LogP contribution in [0.2, 0.25) is 0 Å². The highest BCUT2D eigenvalue weighted by atomic mass is 16.2. The average Bonchev–Trinajstić information content (AvgIpc) is 2.60. The number of benzene rings is 2. The van der Waals surface area contributed by atoms with Crippen molar-refractivity contribution in [3.05, 3.63) is 53.6 Å². The number of amides is 1. The molecule has 0 unspecified atom stereocenters. The number of hydrogen-bond acceptors (Lipinski definition) is 2. The quantitative estimate of drug-likeness (QED) is 0.750. The number of nitrogens with zero attached hydrogens (tertiary/aromatic N) is 1. The van der Waals surface area contributed by atoms with Gasteiger partial charge in [0.2, 0.25) is 5.91 Å². The van der Waals surface area contributed by atoms with Gasteiger partial charge < -0.3 is 4.90 Å². The van der Waals surface area contributed by atoms with Gasteiger partial charge in [0.05, 0.1) is 0 Å². The summed E-state index contributed by atoms with van der Waals surface area (Å²) in [7, 11) is 0. The van der Waals surface area contributed by atoms with Gasteiger partial charge in [0.1, 0.15) is 0 Å². The van der Waals surface area contributed by atoms with Gasteiger partial charge in [-0.15, -0.1) is 0 Å². The third-order valence-electron chi connectivity index (χ3n) is 4.98. The van der Waals surface area contributed by atoms with Gasteiger partial charge in [0, 0.05) is 30.1 Å². The normalized spacial score (nSPS) is 16.7. The number of hydrogen-bond donors (Lipinski definition) is 0. The second-order valence-corrected chi connectivity index (χ2v) is 7.22. The molecule has 130 valence electrons. The topological polar surface area (TPSA) is 37.4 Å². The number of ketones is 1. The average molecular weight is 335 g/mol. The van der Waals surface area contributed by atoms with E-state index >= 15 is 0 Å². The number of carbonyl (C=O) groups is 2. The van der Waals surface area contributed by atoms with Crippen molar-refractivity contribution in [1.82, 2.24) is 0 Å². The van der Waals surface area contributed by atoms with Crippen molar-refractivity contribution in [1.29, 1.82) is 0 Å². The van der Waals surface area contributed by atoms with Crippen LogP contribution in [0.4, 0.5) is 5.69 Å². The van der Waals surface area contributed by atoms with Crippen LogP contribution in [0, 0.1) is 5.92 Å². The van der Waals surface area contributed by atoms with E-state index in [4.69, 9.17) is 0 Å². The molecule has 3 rings (SSSR count). The van der Waals surface area contributed by atoms with Crippen molar-refractivity contribution >= 4 is 17.4 Å². The molecule has 0 spiro atoms. The van der Waals surface area contributed by atoms with Crippen LogP contribution in [-0.2, 0) is 11.2 Å². The lowest BCUT2D eigenvalue weighted by atomic mass is 9.92. The molecule has 0 saturated carbocycles. The molecule has 0 fully saturated rings. The van der Waals surface area contributed by atoms with Crippen LogP contribution in [0.3, 0.4) is 0 Å². The molecule has 0 N–H and O–H groups in total. The van der Waals surface area contributed by atoms with Crippen LogP contribution in [0.5, 0.6) is 0 Å². The van der Waals surface area contributed by atoms with E-state index < -0.39 is 0 Å². The zero-order valence-electron chi connectivity index (χ0n) is 15.4. The molecule has 1 amide bonds. The second-order valence-electron chi connectivity index (χ2n) is 7.22. The summed E-state index contributed by atoms with van der Waals surface area (Å²) < 4.78 is 0. The Morgan fingerprint density at radius 1 is 1.04 bits per heavy atom. The molecule has 2 aromatic carbocycles. The zero-order chi connectivity index (χ0) is 18.1. The SMILES string of the molecule is CC(=O)N1c2ccc(-c3ccc(C(=O)C(C)C)cc3)cc2CC[C@@H]1C. The minimum absolute atomic E-state index is 0.00847. The van der Waals surface area contributed by atoms with E-state index in [1.54, 1.807) is 6.92 Å². The number of fused-ring (bicyclic) bond motifs is 1. The van der Waals surface area contributed by atoms with E-state index in [-0.39, 0.29) is 23.7 Å². The van der Waals surface area contributed by atoms with Crippen molar-refractivity contribution in [2.45, 2.75) is 46.6 Å². The predicted molar refractivity (Wildman–Crippen MR) is 102 cm³/mol. The molecular weight excluding hydrogens is 310 g/mol. The number of Topliss-reactive ketones (excluding diaryl/α,β-unsaturated/α-hetero) is 1. The molecule has 1 aliphatic heterocycles.